The van der Waals surface area contributed by atoms with E-state index in [4.69, 9.17) is 11.6 Å². The van der Waals surface area contributed by atoms with Gasteiger partial charge >= 0.3 is 0 Å². The lowest BCUT2D eigenvalue weighted by atomic mass is 9.95. The van der Waals surface area contributed by atoms with Crippen molar-refractivity contribution in [1.29, 1.82) is 0 Å². The molecule has 2 heteroatoms. The number of aryl methyl sites for hydroxylation is 1. The Hall–Kier alpha value is -1.31. The predicted octanol–water partition coefficient (Wildman–Crippen LogP) is 4.84. The molecule has 20 heavy (non-hydrogen) atoms. The third-order valence-electron chi connectivity index (χ3n) is 3.57. The first-order chi connectivity index (χ1) is 9.55. The highest BCUT2D eigenvalue weighted by Gasteiger charge is 2.16. The molecule has 0 saturated carbocycles. The number of hydrogen-bond acceptors (Lipinski definition) is 1. The lowest BCUT2D eigenvalue weighted by Gasteiger charge is -2.26. The van der Waals surface area contributed by atoms with Crippen LogP contribution in [0.2, 0.25) is 5.02 Å². The molecule has 0 unspecified atom stereocenters. The van der Waals surface area contributed by atoms with Gasteiger partial charge in [-0.3, -0.25) is 0 Å². The summed E-state index contributed by atoms with van der Waals surface area (Å²) in [6, 6.07) is 18.7. The van der Waals surface area contributed by atoms with Crippen molar-refractivity contribution in [3.8, 4) is 0 Å². The van der Waals surface area contributed by atoms with Crippen molar-refractivity contribution in [2.24, 2.45) is 0 Å². The fraction of sp³-hybridized carbons (Fsp3) is 0.333. The van der Waals surface area contributed by atoms with E-state index in [9.17, 15) is 0 Å². The summed E-state index contributed by atoms with van der Waals surface area (Å²) in [5.41, 5.74) is 2.78. The lowest BCUT2D eigenvalue weighted by Crippen LogP contribution is -2.39. The molecule has 0 amide bonds. The maximum Gasteiger partial charge on any atom is 0.0406 e. The van der Waals surface area contributed by atoms with Crippen molar-refractivity contribution < 1.29 is 0 Å². The van der Waals surface area contributed by atoms with Crippen LogP contribution in [-0.2, 0) is 13.0 Å². The summed E-state index contributed by atoms with van der Waals surface area (Å²) < 4.78 is 0. The summed E-state index contributed by atoms with van der Waals surface area (Å²) in [5, 5.41) is 4.41. The summed E-state index contributed by atoms with van der Waals surface area (Å²) >= 11 is 5.90. The van der Waals surface area contributed by atoms with Crippen molar-refractivity contribution in [3.05, 3.63) is 70.7 Å². The van der Waals surface area contributed by atoms with Crippen LogP contribution < -0.4 is 5.32 Å². The normalized spacial score (nSPS) is 11.6. The molecule has 2 aromatic rings. The van der Waals surface area contributed by atoms with Crippen molar-refractivity contribution in [2.45, 2.75) is 38.8 Å². The van der Waals surface area contributed by atoms with Crippen molar-refractivity contribution >= 4 is 11.6 Å². The molecule has 0 aromatic heterocycles. The molecule has 0 fully saturated rings. The van der Waals surface area contributed by atoms with Gasteiger partial charge in [0, 0.05) is 17.1 Å². The third-order valence-corrected chi connectivity index (χ3v) is 3.82. The molecule has 2 aromatic carbocycles. The maximum atomic E-state index is 5.90. The van der Waals surface area contributed by atoms with Gasteiger partial charge in [0.25, 0.3) is 0 Å². The molecule has 0 saturated heterocycles. The van der Waals surface area contributed by atoms with E-state index in [1.807, 2.05) is 12.1 Å². The Morgan fingerprint density at radius 1 is 0.900 bits per heavy atom. The molecule has 2 rings (SSSR count). The van der Waals surface area contributed by atoms with Crippen LogP contribution >= 0.6 is 11.6 Å². The molecule has 0 heterocycles. The van der Waals surface area contributed by atoms with E-state index < -0.39 is 0 Å². The highest BCUT2D eigenvalue weighted by Crippen LogP contribution is 2.15. The molecule has 106 valence electrons. The second-order valence-electron chi connectivity index (χ2n) is 5.85. The lowest BCUT2D eigenvalue weighted by molar-refractivity contribution is 0.360. The van der Waals surface area contributed by atoms with Crippen molar-refractivity contribution in [2.75, 3.05) is 0 Å². The summed E-state index contributed by atoms with van der Waals surface area (Å²) in [5.74, 6) is 0. The predicted molar refractivity (Wildman–Crippen MR) is 87.1 cm³/mol. The monoisotopic (exact) mass is 287 g/mol. The van der Waals surface area contributed by atoms with E-state index >= 15 is 0 Å². The van der Waals surface area contributed by atoms with Gasteiger partial charge < -0.3 is 5.32 Å². The molecule has 0 aliphatic carbocycles. The minimum atomic E-state index is 0.121. The standard InChI is InChI=1S/C18H22ClN/c1-18(2,13-12-15-6-4-3-5-7-15)20-14-16-8-10-17(19)11-9-16/h3-11,20H,12-14H2,1-2H3. The molecular weight excluding hydrogens is 266 g/mol. The van der Waals surface area contributed by atoms with E-state index in [0.29, 0.717) is 0 Å². The van der Waals surface area contributed by atoms with Gasteiger partial charge in [0.15, 0.2) is 0 Å². The van der Waals surface area contributed by atoms with Gasteiger partial charge in [-0.15, -0.1) is 0 Å². The van der Waals surface area contributed by atoms with Crippen LogP contribution in [0, 0.1) is 0 Å². The molecular formula is C18H22ClN. The second kappa shape index (κ2) is 6.92. The molecule has 0 aliphatic rings. The first-order valence-corrected chi connectivity index (χ1v) is 7.46. The Kier molecular flexibility index (Phi) is 5.22. The van der Waals surface area contributed by atoms with Crippen molar-refractivity contribution in [1.82, 2.24) is 5.32 Å². The van der Waals surface area contributed by atoms with E-state index in [0.717, 1.165) is 24.4 Å². The van der Waals surface area contributed by atoms with E-state index in [1.165, 1.54) is 11.1 Å². The van der Waals surface area contributed by atoms with Crippen LogP contribution in [-0.4, -0.2) is 5.54 Å². The summed E-state index contributed by atoms with van der Waals surface area (Å²) in [6.07, 6.45) is 2.21. The SMILES string of the molecule is CC(C)(CCc1ccccc1)NCc1ccc(Cl)cc1. The summed E-state index contributed by atoms with van der Waals surface area (Å²) in [7, 11) is 0. The smallest absolute Gasteiger partial charge is 0.0406 e. The molecule has 1 N–H and O–H groups in total. The molecule has 1 nitrogen and oxygen atoms in total. The topological polar surface area (TPSA) is 12.0 Å². The number of rotatable bonds is 6. The van der Waals surface area contributed by atoms with Crippen LogP contribution in [0.25, 0.3) is 0 Å². The minimum Gasteiger partial charge on any atom is -0.308 e. The Balaban J connectivity index is 1.83. The van der Waals surface area contributed by atoms with Gasteiger partial charge in [-0.1, -0.05) is 54.1 Å². The Labute approximate surface area is 127 Å². The van der Waals surface area contributed by atoms with Gasteiger partial charge in [-0.2, -0.15) is 0 Å². The largest absolute Gasteiger partial charge is 0.308 e. The average molecular weight is 288 g/mol. The van der Waals surface area contributed by atoms with Crippen molar-refractivity contribution in [3.63, 3.8) is 0 Å². The zero-order valence-corrected chi connectivity index (χ0v) is 13.0. The van der Waals surface area contributed by atoms with Gasteiger partial charge in [0.2, 0.25) is 0 Å². The van der Waals surface area contributed by atoms with Crippen LogP contribution in [0.4, 0.5) is 0 Å². The molecule has 0 atom stereocenters. The highest BCUT2D eigenvalue weighted by atomic mass is 35.5. The highest BCUT2D eigenvalue weighted by molar-refractivity contribution is 6.30. The number of benzene rings is 2. The second-order valence-corrected chi connectivity index (χ2v) is 6.29. The first kappa shape index (κ1) is 15.1. The van der Waals surface area contributed by atoms with Gasteiger partial charge in [0.05, 0.1) is 0 Å². The van der Waals surface area contributed by atoms with Gasteiger partial charge in [0.1, 0.15) is 0 Å². The fourth-order valence-corrected chi connectivity index (χ4v) is 2.26. The summed E-state index contributed by atoms with van der Waals surface area (Å²) in [6.45, 7) is 5.39. The average Bonchev–Trinajstić information content (AvgIpc) is 2.46. The van der Waals surface area contributed by atoms with Crippen LogP contribution in [0.3, 0.4) is 0 Å². The molecule has 0 spiro atoms. The first-order valence-electron chi connectivity index (χ1n) is 7.09. The zero-order valence-electron chi connectivity index (χ0n) is 12.2. The minimum absolute atomic E-state index is 0.121. The van der Waals surface area contributed by atoms with E-state index in [-0.39, 0.29) is 5.54 Å². The Bertz CT molecular complexity index is 517. The fourth-order valence-electron chi connectivity index (χ4n) is 2.13. The third kappa shape index (κ3) is 4.99. The Morgan fingerprint density at radius 2 is 1.55 bits per heavy atom. The molecule has 0 radical (unpaired) electrons. The van der Waals surface area contributed by atoms with E-state index in [1.54, 1.807) is 0 Å². The molecule has 0 aliphatic heterocycles. The number of hydrogen-bond donors (Lipinski definition) is 1. The summed E-state index contributed by atoms with van der Waals surface area (Å²) in [4.78, 5) is 0. The van der Waals surface area contributed by atoms with Crippen LogP contribution in [0.15, 0.2) is 54.6 Å². The van der Waals surface area contributed by atoms with Crippen LogP contribution in [0.5, 0.6) is 0 Å². The zero-order chi connectivity index (χ0) is 14.4. The van der Waals surface area contributed by atoms with Crippen LogP contribution in [0.1, 0.15) is 31.4 Å². The van der Waals surface area contributed by atoms with Gasteiger partial charge in [-0.05, 0) is 49.9 Å². The number of halogens is 1. The van der Waals surface area contributed by atoms with E-state index in [2.05, 4.69) is 61.6 Å². The van der Waals surface area contributed by atoms with Gasteiger partial charge in [-0.25, -0.2) is 0 Å². The Morgan fingerprint density at radius 3 is 2.20 bits per heavy atom. The number of nitrogens with one attached hydrogen (secondary N) is 1. The quantitative estimate of drug-likeness (QED) is 0.801. The molecule has 0 bridgehead atoms. The maximum absolute atomic E-state index is 5.90.